The normalized spacial score (nSPS) is 7.38. The smallest absolute Gasteiger partial charge is 1.00 e. The van der Waals surface area contributed by atoms with Crippen LogP contribution in [-0.4, -0.2) is 9.79 Å². The summed E-state index contributed by atoms with van der Waals surface area (Å²) in [6, 6.07) is 0. The van der Waals surface area contributed by atoms with Gasteiger partial charge in [-0.05, 0) is 0 Å². The first-order valence-corrected chi connectivity index (χ1v) is 2.30. The van der Waals surface area contributed by atoms with Crippen LogP contribution >= 0.6 is 7.82 Å². The van der Waals surface area contributed by atoms with E-state index >= 15 is 0 Å². The standard InChI is InChI=1S/K.2Na.H3O4P.2H/c;;;1-5(2,3)4;;/h;;;(H3,1,2,3,4);;/q3*+1;;2*-1/p-1. The molecule has 2 N–H and O–H groups in total. The van der Waals surface area contributed by atoms with Crippen LogP contribution in [-0.2, 0) is 4.57 Å². The zero-order chi connectivity index (χ0) is 4.50. The molecule has 0 unspecified atom stereocenters. The molecule has 8 heteroatoms. The zero-order valence-electron chi connectivity index (χ0n) is 7.16. The molecule has 0 aromatic heterocycles. The van der Waals surface area contributed by atoms with E-state index in [0.29, 0.717) is 0 Å². The first-order chi connectivity index (χ1) is 2.00. The van der Waals surface area contributed by atoms with Gasteiger partial charge in [0.05, 0.1) is 0 Å². The summed E-state index contributed by atoms with van der Waals surface area (Å²) in [5, 5.41) is 0. The second-order valence-electron chi connectivity index (χ2n) is 0.491. The van der Waals surface area contributed by atoms with Gasteiger partial charge in [-0.3, -0.25) is 4.57 Å². The fourth-order valence-electron chi connectivity index (χ4n) is 0. The Morgan fingerprint density at radius 2 is 1.38 bits per heavy atom. The van der Waals surface area contributed by atoms with E-state index in [9.17, 15) is 0 Å². The molecule has 0 aliphatic carbocycles. The largest absolute Gasteiger partial charge is 1.00 e. The summed E-state index contributed by atoms with van der Waals surface area (Å²) in [7, 11) is -4.89. The van der Waals surface area contributed by atoms with Gasteiger partial charge in [-0.25, -0.2) is 0 Å². The van der Waals surface area contributed by atoms with Gasteiger partial charge >= 0.3 is 110 Å². The average molecular weight is 184 g/mol. The van der Waals surface area contributed by atoms with Crippen molar-refractivity contribution in [2.24, 2.45) is 0 Å². The molecule has 0 rings (SSSR count). The fraction of sp³-hybridized carbons (Fsp3) is 0. The van der Waals surface area contributed by atoms with Crippen molar-refractivity contribution in [3.05, 3.63) is 0 Å². The van der Waals surface area contributed by atoms with Gasteiger partial charge in [0.15, 0.2) is 0 Å². The molecule has 4 nitrogen and oxygen atoms in total. The Balaban J connectivity index is -0.00000000800. The topological polar surface area (TPSA) is 80.6 Å². The summed E-state index contributed by atoms with van der Waals surface area (Å²) in [5.74, 6) is 0. The summed E-state index contributed by atoms with van der Waals surface area (Å²) in [4.78, 5) is 22.9. The van der Waals surface area contributed by atoms with Crippen molar-refractivity contribution >= 4 is 7.82 Å². The molecule has 0 aliphatic rings. The summed E-state index contributed by atoms with van der Waals surface area (Å²) >= 11 is 0. The molecular formula is H4KNa2O4P. The Labute approximate surface area is 137 Å². The van der Waals surface area contributed by atoms with Crippen LogP contribution < -0.4 is 115 Å². The Bertz CT molecular complexity index is 67.4. The van der Waals surface area contributed by atoms with Gasteiger partial charge in [-0.1, -0.05) is 0 Å². The molecule has 8 heavy (non-hydrogen) atoms. The second-order valence-corrected chi connectivity index (χ2v) is 1.47. The molecule has 0 saturated carbocycles. The molecule has 0 amide bonds. The third-order valence-corrected chi connectivity index (χ3v) is 0. The van der Waals surface area contributed by atoms with Crippen LogP contribution in [0.2, 0.25) is 0 Å². The van der Waals surface area contributed by atoms with Crippen molar-refractivity contribution in [3.63, 3.8) is 0 Å². The van der Waals surface area contributed by atoms with Gasteiger partial charge in [0.25, 0.3) is 7.82 Å². The molecule has 0 fully saturated rings. The van der Waals surface area contributed by atoms with Gasteiger partial charge in [0.2, 0.25) is 0 Å². The first-order valence-electron chi connectivity index (χ1n) is 0.765. The molecular weight excluding hydrogens is 180 g/mol. The summed E-state index contributed by atoms with van der Waals surface area (Å²) in [6.07, 6.45) is 0. The Hall–Kier alpha value is 3.75. The number of hydrogen-bond acceptors (Lipinski definition) is 2. The third-order valence-electron chi connectivity index (χ3n) is 0. The molecule has 0 spiro atoms. The zero-order valence-corrected chi connectivity index (χ0v) is 13.2. The molecule has 0 aromatic carbocycles. The van der Waals surface area contributed by atoms with Crippen molar-refractivity contribution in [3.8, 4) is 0 Å². The van der Waals surface area contributed by atoms with Crippen molar-refractivity contribution in [1.82, 2.24) is 0 Å². The van der Waals surface area contributed by atoms with Crippen LogP contribution in [0.1, 0.15) is 2.85 Å². The number of rotatable bonds is 0. The summed E-state index contributed by atoms with van der Waals surface area (Å²) in [6.45, 7) is 0. The maximum atomic E-state index is 8.77. The molecule has 0 heterocycles. The van der Waals surface area contributed by atoms with Crippen molar-refractivity contribution in [2.75, 3.05) is 0 Å². The molecule has 0 saturated heterocycles. The van der Waals surface area contributed by atoms with E-state index in [-0.39, 0.29) is 113 Å². The maximum absolute atomic E-state index is 8.77. The van der Waals surface area contributed by atoms with Crippen molar-refractivity contribution < 1.29 is 133 Å². The van der Waals surface area contributed by atoms with Gasteiger partial charge < -0.3 is 17.5 Å². The van der Waals surface area contributed by atoms with E-state index < -0.39 is 7.82 Å². The van der Waals surface area contributed by atoms with Crippen LogP contribution in [0.4, 0.5) is 0 Å². The second kappa shape index (κ2) is 10.7. The van der Waals surface area contributed by atoms with E-state index in [0.717, 1.165) is 0 Å². The molecule has 0 aromatic rings. The van der Waals surface area contributed by atoms with Crippen molar-refractivity contribution in [1.29, 1.82) is 0 Å². The SMILES string of the molecule is O=P([O-])(O)O.[H-].[H-].[K+].[Na+].[Na+]. The van der Waals surface area contributed by atoms with Gasteiger partial charge in [-0.2, -0.15) is 0 Å². The van der Waals surface area contributed by atoms with Gasteiger partial charge in [0.1, 0.15) is 0 Å². The van der Waals surface area contributed by atoms with E-state index in [4.69, 9.17) is 19.2 Å². The molecule has 0 radical (unpaired) electrons. The van der Waals surface area contributed by atoms with Crippen LogP contribution in [0.15, 0.2) is 0 Å². The Morgan fingerprint density at radius 3 is 1.38 bits per heavy atom. The molecule has 0 atom stereocenters. The Kier molecular flexibility index (Phi) is 30.4. The minimum absolute atomic E-state index is 0. The quantitative estimate of drug-likeness (QED) is 0.289. The monoisotopic (exact) mass is 184 g/mol. The van der Waals surface area contributed by atoms with Crippen LogP contribution in [0.5, 0.6) is 0 Å². The molecule has 0 aliphatic heterocycles. The van der Waals surface area contributed by atoms with Crippen molar-refractivity contribution in [2.45, 2.75) is 0 Å². The van der Waals surface area contributed by atoms with E-state index in [2.05, 4.69) is 0 Å². The Morgan fingerprint density at radius 1 is 1.38 bits per heavy atom. The minimum atomic E-state index is -4.89. The predicted octanol–water partition coefficient (Wildman–Crippen LogP) is -10.3. The summed E-state index contributed by atoms with van der Waals surface area (Å²) < 4.78 is 8.77. The fourth-order valence-corrected chi connectivity index (χ4v) is 0. The van der Waals surface area contributed by atoms with Crippen LogP contribution in [0.3, 0.4) is 0 Å². The van der Waals surface area contributed by atoms with E-state index in [1.807, 2.05) is 0 Å². The van der Waals surface area contributed by atoms with Gasteiger partial charge in [0, 0.05) is 0 Å². The summed E-state index contributed by atoms with van der Waals surface area (Å²) in [5.41, 5.74) is 0. The predicted molar refractivity (Wildman–Crippen MR) is 14.3 cm³/mol. The third kappa shape index (κ3) is 53.1. The number of phosphoric acid groups is 1. The van der Waals surface area contributed by atoms with E-state index in [1.165, 1.54) is 0 Å². The van der Waals surface area contributed by atoms with Crippen LogP contribution in [0, 0.1) is 0 Å². The minimum Gasteiger partial charge on any atom is -1.00 e. The molecule has 0 bridgehead atoms. The molecule has 36 valence electrons. The number of hydrogen-bond donors (Lipinski definition) is 2. The van der Waals surface area contributed by atoms with Crippen LogP contribution in [0.25, 0.3) is 0 Å². The van der Waals surface area contributed by atoms with Gasteiger partial charge in [-0.15, -0.1) is 0 Å². The average Bonchev–Trinajstić information content (AvgIpc) is 0.722. The first kappa shape index (κ1) is 22.6. The van der Waals surface area contributed by atoms with E-state index in [1.54, 1.807) is 0 Å². The maximum Gasteiger partial charge on any atom is 1.00 e.